The largest absolute Gasteiger partial charge is 0.395 e. The van der Waals surface area contributed by atoms with E-state index < -0.39 is 0 Å². The Morgan fingerprint density at radius 3 is 2.47 bits per heavy atom. The van der Waals surface area contributed by atoms with Crippen molar-refractivity contribution >= 4 is 5.91 Å². The Hall–Kier alpha value is -0.650. The van der Waals surface area contributed by atoms with E-state index in [1.54, 1.807) is 6.92 Å². The summed E-state index contributed by atoms with van der Waals surface area (Å²) in [5.41, 5.74) is 0. The lowest BCUT2D eigenvalue weighted by Gasteiger charge is -2.37. The summed E-state index contributed by atoms with van der Waals surface area (Å²) >= 11 is 0. The third-order valence-electron chi connectivity index (χ3n) is 3.95. The zero-order valence-electron chi connectivity index (χ0n) is 10.6. The molecular formula is C12H23N3O2. The quantitative estimate of drug-likeness (QED) is 0.704. The van der Waals surface area contributed by atoms with Crippen LogP contribution in [-0.2, 0) is 4.79 Å². The molecule has 0 radical (unpaired) electrons. The van der Waals surface area contributed by atoms with Crippen LogP contribution < -0.4 is 0 Å². The summed E-state index contributed by atoms with van der Waals surface area (Å²) in [6.07, 6.45) is 1.11. The van der Waals surface area contributed by atoms with Gasteiger partial charge in [-0.3, -0.25) is 14.6 Å². The Kier molecular flexibility index (Phi) is 4.36. The lowest BCUT2D eigenvalue weighted by molar-refractivity contribution is -0.128. The standard InChI is InChI=1S/C12H23N3O2/c1-11(17)15-3-2-12(10-15)14-6-4-13(5-7-14)8-9-16/h12,16H,2-10H2,1H3. The molecule has 2 saturated heterocycles. The van der Waals surface area contributed by atoms with Crippen molar-refractivity contribution in [2.24, 2.45) is 0 Å². The average molecular weight is 241 g/mol. The maximum Gasteiger partial charge on any atom is 0.219 e. The second-order valence-electron chi connectivity index (χ2n) is 5.01. The van der Waals surface area contributed by atoms with Crippen LogP contribution in [0.3, 0.4) is 0 Å². The van der Waals surface area contributed by atoms with E-state index in [2.05, 4.69) is 9.80 Å². The number of carbonyl (C=O) groups excluding carboxylic acids is 1. The minimum atomic E-state index is 0.200. The monoisotopic (exact) mass is 241 g/mol. The van der Waals surface area contributed by atoms with Gasteiger partial charge < -0.3 is 10.0 Å². The van der Waals surface area contributed by atoms with Crippen molar-refractivity contribution in [1.29, 1.82) is 0 Å². The number of hydrogen-bond donors (Lipinski definition) is 1. The fourth-order valence-corrected chi connectivity index (χ4v) is 2.82. The molecule has 1 atom stereocenters. The van der Waals surface area contributed by atoms with Crippen molar-refractivity contribution in [2.45, 2.75) is 19.4 Å². The van der Waals surface area contributed by atoms with Gasteiger partial charge in [0.15, 0.2) is 0 Å². The SMILES string of the molecule is CC(=O)N1CCC(N2CCN(CCO)CC2)C1. The third kappa shape index (κ3) is 3.18. The molecule has 2 heterocycles. The highest BCUT2D eigenvalue weighted by atomic mass is 16.3. The number of β-amino-alcohol motifs (C(OH)–C–C–N with tert-alkyl or cyclic N) is 1. The number of likely N-dealkylation sites (tertiary alicyclic amines) is 1. The maximum atomic E-state index is 11.3. The molecule has 2 aliphatic rings. The van der Waals surface area contributed by atoms with Crippen molar-refractivity contribution in [3.8, 4) is 0 Å². The van der Waals surface area contributed by atoms with Gasteiger partial charge in [0.1, 0.15) is 0 Å². The van der Waals surface area contributed by atoms with Gasteiger partial charge in [-0.25, -0.2) is 0 Å². The van der Waals surface area contributed by atoms with Crippen LogP contribution in [0.4, 0.5) is 0 Å². The van der Waals surface area contributed by atoms with Crippen LogP contribution in [0.1, 0.15) is 13.3 Å². The minimum absolute atomic E-state index is 0.200. The maximum absolute atomic E-state index is 11.3. The van der Waals surface area contributed by atoms with Gasteiger partial charge in [0.05, 0.1) is 6.61 Å². The third-order valence-corrected chi connectivity index (χ3v) is 3.95. The number of nitrogens with zero attached hydrogens (tertiary/aromatic N) is 3. The van der Waals surface area contributed by atoms with E-state index in [4.69, 9.17) is 5.11 Å². The zero-order valence-corrected chi connectivity index (χ0v) is 10.6. The summed E-state index contributed by atoms with van der Waals surface area (Å²) in [4.78, 5) is 18.0. The first-order valence-corrected chi connectivity index (χ1v) is 6.53. The van der Waals surface area contributed by atoms with Gasteiger partial charge in [-0.2, -0.15) is 0 Å². The van der Waals surface area contributed by atoms with Crippen molar-refractivity contribution < 1.29 is 9.90 Å². The number of rotatable bonds is 3. The van der Waals surface area contributed by atoms with E-state index in [0.29, 0.717) is 6.04 Å². The molecule has 0 bridgehead atoms. The molecule has 5 nitrogen and oxygen atoms in total. The number of piperazine rings is 1. The fraction of sp³-hybridized carbons (Fsp3) is 0.917. The zero-order chi connectivity index (χ0) is 12.3. The van der Waals surface area contributed by atoms with E-state index >= 15 is 0 Å². The van der Waals surface area contributed by atoms with Gasteiger partial charge >= 0.3 is 0 Å². The Balaban J connectivity index is 1.76. The molecule has 2 rings (SSSR count). The molecule has 0 aromatic carbocycles. The van der Waals surface area contributed by atoms with Crippen LogP contribution in [0.15, 0.2) is 0 Å². The number of amides is 1. The summed E-state index contributed by atoms with van der Waals surface area (Å²) < 4.78 is 0. The molecule has 0 aromatic heterocycles. The molecule has 17 heavy (non-hydrogen) atoms. The summed E-state index contributed by atoms with van der Waals surface area (Å²) in [7, 11) is 0. The number of aliphatic hydroxyl groups excluding tert-OH is 1. The first kappa shape index (κ1) is 12.8. The molecule has 1 unspecified atom stereocenters. The van der Waals surface area contributed by atoms with Crippen LogP contribution >= 0.6 is 0 Å². The molecule has 0 spiro atoms. The highest BCUT2D eigenvalue weighted by Crippen LogP contribution is 2.17. The van der Waals surface area contributed by atoms with E-state index in [-0.39, 0.29) is 12.5 Å². The number of carbonyl (C=O) groups is 1. The first-order valence-electron chi connectivity index (χ1n) is 6.53. The van der Waals surface area contributed by atoms with Crippen molar-refractivity contribution in [3.05, 3.63) is 0 Å². The van der Waals surface area contributed by atoms with Crippen LogP contribution in [0.25, 0.3) is 0 Å². The molecule has 5 heteroatoms. The van der Waals surface area contributed by atoms with Gasteiger partial charge in [0, 0.05) is 58.8 Å². The van der Waals surface area contributed by atoms with Gasteiger partial charge in [0.25, 0.3) is 0 Å². The molecule has 2 fully saturated rings. The summed E-state index contributed by atoms with van der Waals surface area (Å²) in [5, 5.41) is 8.89. The Labute approximate surface area is 103 Å². The van der Waals surface area contributed by atoms with Crippen LogP contribution in [0.5, 0.6) is 0 Å². The summed E-state index contributed by atoms with van der Waals surface area (Å²) in [6, 6.07) is 0.551. The smallest absolute Gasteiger partial charge is 0.219 e. The average Bonchev–Trinajstić information content (AvgIpc) is 2.80. The second-order valence-corrected chi connectivity index (χ2v) is 5.01. The highest BCUT2D eigenvalue weighted by molar-refractivity contribution is 5.73. The first-order chi connectivity index (χ1) is 8.20. The molecule has 0 saturated carbocycles. The predicted octanol–water partition coefficient (Wildman–Crippen LogP) is -0.783. The summed E-state index contributed by atoms with van der Waals surface area (Å²) in [6.45, 7) is 8.72. The topological polar surface area (TPSA) is 47.0 Å². The lowest BCUT2D eigenvalue weighted by atomic mass is 10.2. The van der Waals surface area contributed by atoms with Crippen molar-refractivity contribution in [2.75, 3.05) is 52.4 Å². The van der Waals surface area contributed by atoms with Gasteiger partial charge in [-0.15, -0.1) is 0 Å². The molecule has 1 amide bonds. The predicted molar refractivity (Wildman–Crippen MR) is 65.8 cm³/mol. The normalized spacial score (nSPS) is 27.6. The van der Waals surface area contributed by atoms with Crippen LogP contribution in [0.2, 0.25) is 0 Å². The van der Waals surface area contributed by atoms with E-state index in [1.165, 1.54) is 0 Å². The van der Waals surface area contributed by atoms with Gasteiger partial charge in [-0.05, 0) is 6.42 Å². The van der Waals surface area contributed by atoms with E-state index in [0.717, 1.165) is 52.2 Å². The Bertz CT molecular complexity index is 264. The number of hydrogen-bond acceptors (Lipinski definition) is 4. The second kappa shape index (κ2) is 5.80. The molecule has 0 aliphatic carbocycles. The fourth-order valence-electron chi connectivity index (χ4n) is 2.82. The Morgan fingerprint density at radius 2 is 1.94 bits per heavy atom. The minimum Gasteiger partial charge on any atom is -0.395 e. The van der Waals surface area contributed by atoms with Crippen molar-refractivity contribution in [3.63, 3.8) is 0 Å². The lowest BCUT2D eigenvalue weighted by Crippen LogP contribution is -2.51. The molecule has 0 aromatic rings. The summed E-state index contributed by atoms with van der Waals surface area (Å²) in [5.74, 6) is 0.200. The molecule has 2 aliphatic heterocycles. The van der Waals surface area contributed by atoms with Crippen LogP contribution in [-0.4, -0.2) is 84.2 Å². The van der Waals surface area contributed by atoms with Crippen molar-refractivity contribution in [1.82, 2.24) is 14.7 Å². The van der Waals surface area contributed by atoms with E-state index in [9.17, 15) is 4.79 Å². The molecular weight excluding hydrogens is 218 g/mol. The van der Waals surface area contributed by atoms with Gasteiger partial charge in [0.2, 0.25) is 5.91 Å². The molecule has 98 valence electrons. The molecule has 1 N–H and O–H groups in total. The number of aliphatic hydroxyl groups is 1. The highest BCUT2D eigenvalue weighted by Gasteiger charge is 2.30. The van der Waals surface area contributed by atoms with E-state index in [1.807, 2.05) is 4.90 Å². The van der Waals surface area contributed by atoms with Crippen LogP contribution in [0, 0.1) is 0 Å². The van der Waals surface area contributed by atoms with Gasteiger partial charge in [-0.1, -0.05) is 0 Å². The Morgan fingerprint density at radius 1 is 1.24 bits per heavy atom.